The molecule has 0 N–H and O–H groups in total. The summed E-state index contributed by atoms with van der Waals surface area (Å²) in [4.78, 5) is 22.4. The first-order valence-corrected chi connectivity index (χ1v) is 10.3. The quantitative estimate of drug-likeness (QED) is 0.567. The lowest BCUT2D eigenvalue weighted by Crippen LogP contribution is -2.30. The fraction of sp³-hybridized carbons (Fsp3) is 0.450. The number of ether oxygens (including phenoxy) is 1. The van der Waals surface area contributed by atoms with Gasteiger partial charge in [0.15, 0.2) is 12.3 Å². The molecule has 3 aromatic heterocycles. The Labute approximate surface area is 182 Å². The molecule has 0 spiro atoms. The summed E-state index contributed by atoms with van der Waals surface area (Å²) in [5.74, 6) is 0.861. The zero-order chi connectivity index (χ0) is 22.1. The van der Waals surface area contributed by atoms with Crippen LogP contribution >= 0.6 is 11.6 Å². The zero-order valence-corrected chi connectivity index (χ0v) is 18.1. The van der Waals surface area contributed by atoms with Crippen molar-refractivity contribution in [3.63, 3.8) is 0 Å². The molecule has 3 aromatic rings. The lowest BCUT2D eigenvalue weighted by molar-refractivity contribution is 0.134. The number of aromatic nitrogens is 5. The molecule has 0 saturated carbocycles. The highest BCUT2D eigenvalue weighted by Crippen LogP contribution is 2.30. The van der Waals surface area contributed by atoms with Crippen molar-refractivity contribution < 1.29 is 13.7 Å². The van der Waals surface area contributed by atoms with Gasteiger partial charge in [0.1, 0.15) is 17.1 Å². The number of rotatable bonds is 6. The van der Waals surface area contributed by atoms with Gasteiger partial charge in [0.05, 0.1) is 41.9 Å². The third kappa shape index (κ3) is 4.12. The third-order valence-corrected chi connectivity index (χ3v) is 5.50. The van der Waals surface area contributed by atoms with E-state index in [4.69, 9.17) is 20.9 Å². The molecule has 164 valence electrons. The van der Waals surface area contributed by atoms with Crippen molar-refractivity contribution in [3.8, 4) is 17.1 Å². The fourth-order valence-corrected chi connectivity index (χ4v) is 3.90. The molecule has 1 aliphatic rings. The predicted octanol–water partition coefficient (Wildman–Crippen LogP) is 2.97. The minimum Gasteiger partial charge on any atom is -0.469 e. The Bertz CT molecular complexity index is 1130. The minimum absolute atomic E-state index is 0.0269. The highest BCUT2D eigenvalue weighted by Gasteiger charge is 2.36. The van der Waals surface area contributed by atoms with Gasteiger partial charge in [0.25, 0.3) is 5.56 Å². The van der Waals surface area contributed by atoms with Crippen LogP contribution in [-0.4, -0.2) is 50.3 Å². The Morgan fingerprint density at radius 2 is 2.13 bits per heavy atom. The highest BCUT2D eigenvalue weighted by molar-refractivity contribution is 6.33. The van der Waals surface area contributed by atoms with Crippen LogP contribution in [0.4, 0.5) is 10.1 Å². The highest BCUT2D eigenvalue weighted by atomic mass is 35.5. The van der Waals surface area contributed by atoms with E-state index >= 15 is 0 Å². The van der Waals surface area contributed by atoms with Gasteiger partial charge in [0, 0.05) is 12.6 Å². The summed E-state index contributed by atoms with van der Waals surface area (Å²) < 4.78 is 27.1. The molecule has 1 fully saturated rings. The van der Waals surface area contributed by atoms with Crippen molar-refractivity contribution in [3.05, 3.63) is 45.4 Å². The molecule has 11 heteroatoms. The molecular formula is C20H22ClFN6O3. The number of halogens is 2. The topological polar surface area (TPSA) is 99.2 Å². The molecule has 0 aliphatic carbocycles. The van der Waals surface area contributed by atoms with Gasteiger partial charge < -0.3 is 14.2 Å². The lowest BCUT2D eigenvalue weighted by Gasteiger charge is -2.19. The smallest absolute Gasteiger partial charge is 0.287 e. The van der Waals surface area contributed by atoms with Crippen molar-refractivity contribution in [2.24, 2.45) is 0 Å². The number of anilines is 1. The van der Waals surface area contributed by atoms with Crippen LogP contribution in [0.3, 0.4) is 0 Å². The third-order valence-electron chi connectivity index (χ3n) is 5.14. The molecule has 9 nitrogen and oxygen atoms in total. The normalized spacial score (nSPS) is 18.5. The van der Waals surface area contributed by atoms with Gasteiger partial charge >= 0.3 is 0 Å². The van der Waals surface area contributed by atoms with Crippen molar-refractivity contribution in [1.29, 1.82) is 0 Å². The van der Waals surface area contributed by atoms with Gasteiger partial charge in [-0.3, -0.25) is 4.79 Å². The Balaban J connectivity index is 1.53. The molecule has 0 unspecified atom stereocenters. The van der Waals surface area contributed by atoms with Crippen LogP contribution in [-0.2, 0) is 6.54 Å². The average molecular weight is 449 g/mol. The molecule has 0 bridgehead atoms. The molecule has 31 heavy (non-hydrogen) atoms. The van der Waals surface area contributed by atoms with E-state index in [9.17, 15) is 9.18 Å². The van der Waals surface area contributed by atoms with Gasteiger partial charge in [-0.25, -0.2) is 19.0 Å². The first kappa shape index (κ1) is 21.2. The summed E-state index contributed by atoms with van der Waals surface area (Å²) in [6.07, 6.45) is 1.51. The summed E-state index contributed by atoms with van der Waals surface area (Å²) in [5.41, 5.74) is 2.03. The van der Waals surface area contributed by atoms with Gasteiger partial charge in [0.2, 0.25) is 5.88 Å². The van der Waals surface area contributed by atoms with Gasteiger partial charge in [-0.05, 0) is 20.3 Å². The van der Waals surface area contributed by atoms with Crippen LogP contribution in [0.25, 0.3) is 11.3 Å². The zero-order valence-electron chi connectivity index (χ0n) is 17.4. The molecule has 4 heterocycles. The van der Waals surface area contributed by atoms with E-state index in [1.54, 1.807) is 17.9 Å². The van der Waals surface area contributed by atoms with E-state index < -0.39 is 12.3 Å². The Morgan fingerprint density at radius 1 is 1.32 bits per heavy atom. The average Bonchev–Trinajstić information content (AvgIpc) is 3.27. The molecule has 1 saturated heterocycles. The first-order valence-electron chi connectivity index (χ1n) is 9.95. The monoisotopic (exact) mass is 448 g/mol. The van der Waals surface area contributed by atoms with E-state index in [2.05, 4.69) is 20.2 Å². The molecular weight excluding hydrogens is 427 g/mol. The second-order valence-electron chi connectivity index (χ2n) is 7.39. The van der Waals surface area contributed by atoms with Crippen LogP contribution < -0.4 is 15.2 Å². The van der Waals surface area contributed by atoms with Gasteiger partial charge in [-0.15, -0.1) is 0 Å². The number of nitrogens with zero attached hydrogens (tertiary/aromatic N) is 6. The molecule has 2 atom stereocenters. The standard InChI is InChI=1S/C20H22ClFN6O3/c1-4-5-28-20(29)19(21)15(7-25-28)27-8-13(22)16(9-27)30-17-6-14(23-10-24-17)18-11(2)26-31-12(18)3/h6-7,10,13,16H,4-5,8-9H2,1-3H3/t13-,16-/m0/s1. The fourth-order valence-electron chi connectivity index (χ4n) is 3.63. The second kappa shape index (κ2) is 8.62. The maximum atomic E-state index is 14.8. The number of hydrogen-bond acceptors (Lipinski definition) is 8. The molecule has 0 aromatic carbocycles. The van der Waals surface area contributed by atoms with Crippen LogP contribution in [0, 0.1) is 13.8 Å². The predicted molar refractivity (Wildman–Crippen MR) is 112 cm³/mol. The minimum atomic E-state index is -1.30. The van der Waals surface area contributed by atoms with Crippen LogP contribution in [0.5, 0.6) is 5.88 Å². The molecule has 0 radical (unpaired) electrons. The SMILES string of the molecule is CCCn1ncc(N2C[C@H](Oc3cc(-c4c(C)noc4C)ncn3)[C@@H](F)C2)c(Cl)c1=O. The number of aryl methyl sites for hydroxylation is 3. The summed E-state index contributed by atoms with van der Waals surface area (Å²) in [7, 11) is 0. The van der Waals surface area contributed by atoms with Crippen LogP contribution in [0.2, 0.25) is 5.02 Å². The van der Waals surface area contributed by atoms with Crippen LogP contribution in [0.15, 0.2) is 27.9 Å². The molecule has 1 aliphatic heterocycles. The van der Waals surface area contributed by atoms with E-state index in [0.29, 0.717) is 29.4 Å². The first-order chi connectivity index (χ1) is 14.9. The Kier molecular flexibility index (Phi) is 5.90. The maximum Gasteiger partial charge on any atom is 0.287 e. The van der Waals surface area contributed by atoms with Crippen molar-refractivity contribution >= 4 is 17.3 Å². The van der Waals surface area contributed by atoms with Crippen molar-refractivity contribution in [2.45, 2.75) is 46.0 Å². The van der Waals surface area contributed by atoms with Gasteiger partial charge in [-0.2, -0.15) is 5.10 Å². The maximum absolute atomic E-state index is 14.8. The van der Waals surface area contributed by atoms with E-state index in [-0.39, 0.29) is 29.6 Å². The van der Waals surface area contributed by atoms with E-state index in [1.807, 2.05) is 13.8 Å². The second-order valence-corrected chi connectivity index (χ2v) is 7.77. The van der Waals surface area contributed by atoms with Gasteiger partial charge in [-0.1, -0.05) is 23.7 Å². The molecule has 4 rings (SSSR count). The van der Waals surface area contributed by atoms with Crippen LogP contribution in [0.1, 0.15) is 24.8 Å². The van der Waals surface area contributed by atoms with E-state index in [0.717, 1.165) is 12.0 Å². The number of hydrogen-bond donors (Lipinski definition) is 0. The summed E-state index contributed by atoms with van der Waals surface area (Å²) in [6.45, 7) is 6.24. The summed E-state index contributed by atoms with van der Waals surface area (Å²) in [5, 5.41) is 8.10. The van der Waals surface area contributed by atoms with Crippen molar-refractivity contribution in [2.75, 3.05) is 18.0 Å². The van der Waals surface area contributed by atoms with Crippen molar-refractivity contribution in [1.82, 2.24) is 24.9 Å². The Hall–Kier alpha value is -3.01. The summed E-state index contributed by atoms with van der Waals surface area (Å²) in [6, 6.07) is 1.63. The largest absolute Gasteiger partial charge is 0.469 e. The summed E-state index contributed by atoms with van der Waals surface area (Å²) >= 11 is 6.26. The number of alkyl halides is 1. The lowest BCUT2D eigenvalue weighted by atomic mass is 10.1. The van der Waals surface area contributed by atoms with E-state index in [1.165, 1.54) is 17.2 Å². The Morgan fingerprint density at radius 3 is 2.84 bits per heavy atom. The molecule has 0 amide bonds.